The third-order valence-corrected chi connectivity index (χ3v) is 4.58. The highest BCUT2D eigenvalue weighted by atomic mass is 32.2. The number of rotatable bonds is 5. The first kappa shape index (κ1) is 15.4. The van der Waals surface area contributed by atoms with E-state index in [-0.39, 0.29) is 10.9 Å². The molecular formula is C14H17N3O3S. The predicted octanol–water partition coefficient (Wildman–Crippen LogP) is 2.63. The largest absolute Gasteiger partial charge is 0.383 e. The number of fused-ring (bicyclic) bond motifs is 1. The summed E-state index contributed by atoms with van der Waals surface area (Å²) in [4.78, 5) is 14.9. The Bertz CT molecular complexity index is 718. The summed E-state index contributed by atoms with van der Waals surface area (Å²) < 4.78 is 11.4. The molecule has 2 aromatic rings. The number of hydrogen-bond acceptors (Lipinski definition) is 5. The van der Waals surface area contributed by atoms with Crippen LogP contribution in [0.25, 0.3) is 10.9 Å². The third-order valence-electron chi connectivity index (χ3n) is 3.28. The van der Waals surface area contributed by atoms with Gasteiger partial charge in [-0.1, -0.05) is 0 Å². The Balaban J connectivity index is 2.42. The zero-order valence-electron chi connectivity index (χ0n) is 12.1. The second-order valence-corrected chi connectivity index (χ2v) is 6.76. The van der Waals surface area contributed by atoms with Gasteiger partial charge in [-0.2, -0.15) is 0 Å². The van der Waals surface area contributed by atoms with Gasteiger partial charge in [-0.3, -0.25) is 19.3 Å². The summed E-state index contributed by atoms with van der Waals surface area (Å²) in [7, 11) is -0.921. The van der Waals surface area contributed by atoms with E-state index in [9.17, 15) is 14.3 Å². The highest BCUT2D eigenvalue weighted by Gasteiger charge is 2.12. The van der Waals surface area contributed by atoms with Crippen molar-refractivity contribution in [2.45, 2.75) is 19.1 Å². The van der Waals surface area contributed by atoms with Crippen molar-refractivity contribution in [3.8, 4) is 0 Å². The molecule has 0 aliphatic carbocycles. The molecule has 0 radical (unpaired) electrons. The van der Waals surface area contributed by atoms with E-state index >= 15 is 0 Å². The van der Waals surface area contributed by atoms with Gasteiger partial charge >= 0.3 is 0 Å². The molecule has 1 heterocycles. The van der Waals surface area contributed by atoms with Gasteiger partial charge in [-0.15, -0.1) is 0 Å². The van der Waals surface area contributed by atoms with E-state index in [1.54, 1.807) is 12.3 Å². The number of nitro benzene ring substituents is 1. The highest BCUT2D eigenvalue weighted by Crippen LogP contribution is 2.27. The lowest BCUT2D eigenvalue weighted by Gasteiger charge is -2.13. The number of pyridine rings is 1. The van der Waals surface area contributed by atoms with Crippen LogP contribution in [-0.2, 0) is 10.8 Å². The smallest absolute Gasteiger partial charge is 0.270 e. The standard InChI is InChI=1S/C14H17N3O3S/c1-9-6-14(15-8-10(2)21(3)20)12-7-11(17(18)19)4-5-13(12)16-9/h4-7,10H,8H2,1-3H3,(H,15,16)/t10-,21+/m1/s1. The number of non-ortho nitro benzene ring substituents is 1. The molecule has 112 valence electrons. The number of aryl methyl sites for hydroxylation is 1. The van der Waals surface area contributed by atoms with E-state index in [0.717, 1.165) is 11.4 Å². The molecule has 0 spiro atoms. The monoisotopic (exact) mass is 307 g/mol. The van der Waals surface area contributed by atoms with Crippen molar-refractivity contribution in [1.82, 2.24) is 4.98 Å². The molecule has 6 nitrogen and oxygen atoms in total. The quantitative estimate of drug-likeness (QED) is 0.678. The third kappa shape index (κ3) is 3.55. The summed E-state index contributed by atoms with van der Waals surface area (Å²) in [6, 6.07) is 6.45. The van der Waals surface area contributed by atoms with Gasteiger partial charge < -0.3 is 5.32 Å². The van der Waals surface area contributed by atoms with Gasteiger partial charge in [0.2, 0.25) is 0 Å². The van der Waals surface area contributed by atoms with E-state index < -0.39 is 15.7 Å². The first-order valence-corrected chi connectivity index (χ1v) is 8.12. The zero-order valence-corrected chi connectivity index (χ0v) is 12.9. The zero-order chi connectivity index (χ0) is 15.6. The van der Waals surface area contributed by atoms with Crippen molar-refractivity contribution in [3.05, 3.63) is 40.1 Å². The second kappa shape index (κ2) is 6.17. The topological polar surface area (TPSA) is 85.1 Å². The molecule has 1 aromatic heterocycles. The molecule has 2 atom stereocenters. The molecule has 21 heavy (non-hydrogen) atoms. The van der Waals surface area contributed by atoms with Crippen molar-refractivity contribution >= 4 is 33.1 Å². The minimum absolute atomic E-state index is 0.00720. The summed E-state index contributed by atoms with van der Waals surface area (Å²) >= 11 is 0. The Hall–Kier alpha value is -2.02. The summed E-state index contributed by atoms with van der Waals surface area (Å²) in [5, 5.41) is 14.8. The molecule has 1 N–H and O–H groups in total. The van der Waals surface area contributed by atoms with E-state index in [1.165, 1.54) is 12.1 Å². The fraction of sp³-hybridized carbons (Fsp3) is 0.357. The van der Waals surface area contributed by atoms with Gasteiger partial charge in [0, 0.05) is 57.8 Å². The molecule has 2 rings (SSSR count). The number of anilines is 1. The van der Waals surface area contributed by atoms with Crippen molar-refractivity contribution in [1.29, 1.82) is 0 Å². The summed E-state index contributed by atoms with van der Waals surface area (Å²) in [5.41, 5.74) is 2.33. The van der Waals surface area contributed by atoms with Gasteiger partial charge in [-0.05, 0) is 26.0 Å². The predicted molar refractivity (Wildman–Crippen MR) is 85.2 cm³/mol. The molecule has 0 bridgehead atoms. The lowest BCUT2D eigenvalue weighted by Crippen LogP contribution is -2.20. The van der Waals surface area contributed by atoms with Crippen LogP contribution in [0.4, 0.5) is 11.4 Å². The summed E-state index contributed by atoms with van der Waals surface area (Å²) in [6.45, 7) is 4.29. The number of nitrogens with zero attached hydrogens (tertiary/aromatic N) is 2. The molecule has 0 saturated heterocycles. The van der Waals surface area contributed by atoms with Crippen LogP contribution < -0.4 is 5.32 Å². The number of aromatic nitrogens is 1. The molecule has 0 amide bonds. The van der Waals surface area contributed by atoms with Crippen molar-refractivity contribution in [3.63, 3.8) is 0 Å². The first-order chi connectivity index (χ1) is 9.88. The summed E-state index contributed by atoms with van der Waals surface area (Å²) in [5.74, 6) is 0. The molecular weight excluding hydrogens is 290 g/mol. The Morgan fingerprint density at radius 2 is 2.14 bits per heavy atom. The number of benzene rings is 1. The minimum Gasteiger partial charge on any atom is -0.383 e. The van der Waals surface area contributed by atoms with Crippen LogP contribution in [0.3, 0.4) is 0 Å². The average Bonchev–Trinajstić information content (AvgIpc) is 2.43. The molecule has 0 unspecified atom stereocenters. The highest BCUT2D eigenvalue weighted by molar-refractivity contribution is 7.84. The van der Waals surface area contributed by atoms with Crippen molar-refractivity contribution in [2.24, 2.45) is 0 Å². The lowest BCUT2D eigenvalue weighted by atomic mass is 10.1. The van der Waals surface area contributed by atoms with E-state index in [4.69, 9.17) is 0 Å². The maximum absolute atomic E-state index is 11.4. The molecule has 7 heteroatoms. The number of nitro groups is 1. The van der Waals surface area contributed by atoms with Gasteiger partial charge in [0.25, 0.3) is 5.69 Å². The van der Waals surface area contributed by atoms with Crippen LogP contribution >= 0.6 is 0 Å². The summed E-state index contributed by atoms with van der Waals surface area (Å²) in [6.07, 6.45) is 1.66. The SMILES string of the molecule is Cc1cc(NC[C@@H](C)[S@](C)=O)c2cc([N+](=O)[O-])ccc2n1. The van der Waals surface area contributed by atoms with Crippen LogP contribution in [0.15, 0.2) is 24.3 Å². The Kier molecular flexibility index (Phi) is 4.52. The number of hydrogen-bond donors (Lipinski definition) is 1. The van der Waals surface area contributed by atoms with Crippen molar-refractivity contribution < 1.29 is 9.13 Å². The molecule has 0 aliphatic heterocycles. The van der Waals surface area contributed by atoms with Crippen LogP contribution in [0, 0.1) is 17.0 Å². The lowest BCUT2D eigenvalue weighted by molar-refractivity contribution is -0.384. The van der Waals surface area contributed by atoms with Crippen LogP contribution in [0.1, 0.15) is 12.6 Å². The van der Waals surface area contributed by atoms with Gasteiger partial charge in [0.1, 0.15) is 0 Å². The van der Waals surface area contributed by atoms with Gasteiger partial charge in [-0.25, -0.2) is 0 Å². The van der Waals surface area contributed by atoms with Gasteiger partial charge in [0.05, 0.1) is 10.4 Å². The normalized spacial score (nSPS) is 13.9. The van der Waals surface area contributed by atoms with Gasteiger partial charge in [0.15, 0.2) is 0 Å². The van der Waals surface area contributed by atoms with Crippen LogP contribution in [0.5, 0.6) is 0 Å². The second-order valence-electron chi connectivity index (χ2n) is 4.96. The van der Waals surface area contributed by atoms with E-state index in [0.29, 0.717) is 17.4 Å². The molecule has 1 aromatic carbocycles. The van der Waals surface area contributed by atoms with Crippen molar-refractivity contribution in [2.75, 3.05) is 18.1 Å². The average molecular weight is 307 g/mol. The van der Waals surface area contributed by atoms with E-state index in [1.807, 2.05) is 19.9 Å². The molecule has 0 saturated carbocycles. The molecule has 0 aliphatic rings. The van der Waals surface area contributed by atoms with Crippen LogP contribution in [0.2, 0.25) is 0 Å². The van der Waals surface area contributed by atoms with Crippen LogP contribution in [-0.4, -0.2) is 32.2 Å². The minimum atomic E-state index is -0.921. The first-order valence-electron chi connectivity index (χ1n) is 6.50. The molecule has 0 fully saturated rings. The fourth-order valence-corrected chi connectivity index (χ4v) is 2.30. The van der Waals surface area contributed by atoms with E-state index in [2.05, 4.69) is 10.3 Å². The fourth-order valence-electron chi connectivity index (χ4n) is 1.98. The Labute approximate surface area is 125 Å². The Morgan fingerprint density at radius 3 is 2.76 bits per heavy atom. The number of nitrogens with one attached hydrogen (secondary N) is 1. The maximum Gasteiger partial charge on any atom is 0.270 e. The maximum atomic E-state index is 11.4. The Morgan fingerprint density at radius 1 is 1.43 bits per heavy atom.